The number of nitrogens with zero attached hydrogens (tertiary/aromatic N) is 1. The van der Waals surface area contributed by atoms with Crippen LogP contribution < -0.4 is 10.6 Å². The van der Waals surface area contributed by atoms with Crippen LogP contribution in [0.2, 0.25) is 5.02 Å². The molecule has 2 aromatic heterocycles. The maximum Gasteiger partial charge on any atom is 0.287 e. The highest BCUT2D eigenvalue weighted by Crippen LogP contribution is 2.28. The van der Waals surface area contributed by atoms with Gasteiger partial charge in [-0.2, -0.15) is 0 Å². The van der Waals surface area contributed by atoms with Crippen molar-refractivity contribution in [3.8, 4) is 11.5 Å². The van der Waals surface area contributed by atoms with Gasteiger partial charge in [-0.1, -0.05) is 11.6 Å². The molecular formula is C16H16ClN3O2. The van der Waals surface area contributed by atoms with E-state index < -0.39 is 0 Å². The molecular weight excluding hydrogens is 302 g/mol. The summed E-state index contributed by atoms with van der Waals surface area (Å²) in [6.45, 7) is 0. The first-order chi connectivity index (χ1) is 10.7. The number of carbonyl (C=O) groups is 1. The molecule has 0 aliphatic carbocycles. The van der Waals surface area contributed by atoms with Crippen molar-refractivity contribution in [1.82, 2.24) is 15.6 Å². The molecule has 2 aromatic rings. The maximum atomic E-state index is 12.3. The van der Waals surface area contributed by atoms with Crippen LogP contribution in [-0.4, -0.2) is 29.0 Å². The van der Waals surface area contributed by atoms with Gasteiger partial charge in [0.15, 0.2) is 11.5 Å². The number of nitrogens with one attached hydrogen (secondary N) is 2. The number of amides is 1. The molecule has 22 heavy (non-hydrogen) atoms. The Morgan fingerprint density at radius 2 is 2.23 bits per heavy atom. The predicted molar refractivity (Wildman–Crippen MR) is 82.8 cm³/mol. The Bertz CT molecular complexity index is 698. The normalized spacial score (nSPS) is 26.3. The maximum absolute atomic E-state index is 12.3. The van der Waals surface area contributed by atoms with Crippen molar-refractivity contribution in [3.05, 3.63) is 41.2 Å². The van der Waals surface area contributed by atoms with E-state index in [9.17, 15) is 4.79 Å². The predicted octanol–water partition coefficient (Wildman–Crippen LogP) is 2.62. The Balaban J connectivity index is 1.46. The van der Waals surface area contributed by atoms with E-state index in [2.05, 4.69) is 15.6 Å². The topological polar surface area (TPSA) is 67.2 Å². The van der Waals surface area contributed by atoms with Gasteiger partial charge in [-0.15, -0.1) is 0 Å². The zero-order chi connectivity index (χ0) is 15.1. The fourth-order valence-electron chi connectivity index (χ4n) is 3.34. The second-order valence-electron chi connectivity index (χ2n) is 5.89. The Morgan fingerprint density at radius 3 is 2.91 bits per heavy atom. The summed E-state index contributed by atoms with van der Waals surface area (Å²) in [7, 11) is 0. The van der Waals surface area contributed by atoms with Crippen molar-refractivity contribution in [1.29, 1.82) is 0 Å². The number of furan rings is 1. The molecule has 1 amide bonds. The molecule has 0 saturated carbocycles. The van der Waals surface area contributed by atoms with Crippen molar-refractivity contribution in [2.75, 3.05) is 0 Å². The largest absolute Gasteiger partial charge is 0.449 e. The van der Waals surface area contributed by atoms with Gasteiger partial charge in [0.25, 0.3) is 5.91 Å². The van der Waals surface area contributed by atoms with Crippen molar-refractivity contribution in [2.24, 2.45) is 0 Å². The van der Waals surface area contributed by atoms with E-state index in [1.807, 2.05) is 0 Å². The highest BCUT2D eigenvalue weighted by atomic mass is 35.5. The highest BCUT2D eigenvalue weighted by molar-refractivity contribution is 6.30. The molecule has 114 valence electrons. The summed E-state index contributed by atoms with van der Waals surface area (Å²) in [4.78, 5) is 16.5. The second kappa shape index (κ2) is 5.41. The first-order valence-electron chi connectivity index (χ1n) is 7.48. The van der Waals surface area contributed by atoms with Crippen LogP contribution in [0.1, 0.15) is 29.8 Å². The van der Waals surface area contributed by atoms with Crippen LogP contribution in [-0.2, 0) is 0 Å². The minimum Gasteiger partial charge on any atom is -0.449 e. The van der Waals surface area contributed by atoms with Gasteiger partial charge in [0.05, 0.1) is 5.02 Å². The third kappa shape index (κ3) is 2.51. The van der Waals surface area contributed by atoms with E-state index in [4.69, 9.17) is 16.0 Å². The minimum absolute atomic E-state index is 0.167. The smallest absolute Gasteiger partial charge is 0.287 e. The van der Waals surface area contributed by atoms with Crippen LogP contribution in [0, 0.1) is 0 Å². The number of hydrogen-bond acceptors (Lipinski definition) is 4. The Kier molecular flexibility index (Phi) is 3.39. The Labute approximate surface area is 133 Å². The van der Waals surface area contributed by atoms with Gasteiger partial charge in [0.2, 0.25) is 0 Å². The van der Waals surface area contributed by atoms with Gasteiger partial charge in [0.1, 0.15) is 5.69 Å². The second-order valence-corrected chi connectivity index (χ2v) is 6.33. The lowest BCUT2D eigenvalue weighted by atomic mass is 9.95. The molecule has 2 bridgehead atoms. The van der Waals surface area contributed by atoms with Crippen molar-refractivity contribution < 1.29 is 9.21 Å². The first-order valence-corrected chi connectivity index (χ1v) is 7.85. The van der Waals surface area contributed by atoms with Gasteiger partial charge < -0.3 is 15.1 Å². The average Bonchev–Trinajstić information content (AvgIpc) is 3.24. The van der Waals surface area contributed by atoms with Gasteiger partial charge in [-0.25, -0.2) is 0 Å². The lowest BCUT2D eigenvalue weighted by Gasteiger charge is -2.20. The molecule has 0 aromatic carbocycles. The Morgan fingerprint density at radius 1 is 1.32 bits per heavy atom. The lowest BCUT2D eigenvalue weighted by molar-refractivity contribution is 0.0903. The molecule has 2 fully saturated rings. The van der Waals surface area contributed by atoms with Crippen LogP contribution >= 0.6 is 11.6 Å². The summed E-state index contributed by atoms with van der Waals surface area (Å²) in [6, 6.07) is 8.11. The lowest BCUT2D eigenvalue weighted by Crippen LogP contribution is -2.42. The fraction of sp³-hybridized carbons (Fsp3) is 0.375. The zero-order valence-corrected chi connectivity index (χ0v) is 12.6. The number of aromatic nitrogens is 1. The summed E-state index contributed by atoms with van der Waals surface area (Å²) >= 11 is 5.82. The molecule has 2 N–H and O–H groups in total. The number of pyridine rings is 1. The third-order valence-corrected chi connectivity index (χ3v) is 4.65. The third-order valence-electron chi connectivity index (χ3n) is 4.43. The number of hydrogen-bond donors (Lipinski definition) is 2. The van der Waals surface area contributed by atoms with E-state index in [-0.39, 0.29) is 11.9 Å². The van der Waals surface area contributed by atoms with Gasteiger partial charge in [-0.05, 0) is 43.5 Å². The van der Waals surface area contributed by atoms with E-state index >= 15 is 0 Å². The number of fused-ring (bicyclic) bond motifs is 2. The standard InChI is InChI=1S/C16H16ClN3O2/c17-9-1-3-12(18-8-9)14-5-6-15(22-14)16(21)20-13-7-10-2-4-11(13)19-10/h1,3,5-6,8,10-11,13,19H,2,4,7H2,(H,20,21)/t10-,11+,13-/m1/s1. The monoisotopic (exact) mass is 317 g/mol. The van der Waals surface area contributed by atoms with E-state index in [1.54, 1.807) is 30.5 Å². The zero-order valence-electron chi connectivity index (χ0n) is 11.9. The molecule has 0 spiro atoms. The number of rotatable bonds is 3. The highest BCUT2D eigenvalue weighted by Gasteiger charge is 2.39. The summed E-state index contributed by atoms with van der Waals surface area (Å²) in [5.41, 5.74) is 0.657. The van der Waals surface area contributed by atoms with Crippen molar-refractivity contribution >= 4 is 17.5 Å². The van der Waals surface area contributed by atoms with E-state index in [0.717, 1.165) is 12.8 Å². The minimum atomic E-state index is -0.167. The molecule has 4 heterocycles. The van der Waals surface area contributed by atoms with Gasteiger partial charge in [0, 0.05) is 24.3 Å². The molecule has 2 aliphatic heterocycles. The molecule has 2 saturated heterocycles. The molecule has 0 unspecified atom stereocenters. The molecule has 4 rings (SSSR count). The van der Waals surface area contributed by atoms with E-state index in [1.165, 1.54) is 6.42 Å². The number of carbonyl (C=O) groups excluding carboxylic acids is 1. The molecule has 3 atom stereocenters. The summed E-state index contributed by atoms with van der Waals surface area (Å²) in [5.74, 6) is 0.710. The van der Waals surface area contributed by atoms with Crippen molar-refractivity contribution in [3.63, 3.8) is 0 Å². The number of halogens is 1. The van der Waals surface area contributed by atoms with Crippen LogP contribution in [0.15, 0.2) is 34.9 Å². The van der Waals surface area contributed by atoms with E-state index in [0.29, 0.717) is 34.3 Å². The fourth-order valence-corrected chi connectivity index (χ4v) is 3.45. The molecule has 5 nitrogen and oxygen atoms in total. The Hall–Kier alpha value is -1.85. The summed E-state index contributed by atoms with van der Waals surface area (Å²) in [5, 5.41) is 7.13. The average molecular weight is 318 g/mol. The van der Waals surface area contributed by atoms with Crippen LogP contribution in [0.5, 0.6) is 0 Å². The van der Waals surface area contributed by atoms with Crippen LogP contribution in [0.3, 0.4) is 0 Å². The van der Waals surface area contributed by atoms with Gasteiger partial charge in [-0.3, -0.25) is 9.78 Å². The van der Waals surface area contributed by atoms with Gasteiger partial charge >= 0.3 is 0 Å². The van der Waals surface area contributed by atoms with Crippen LogP contribution in [0.4, 0.5) is 0 Å². The van der Waals surface area contributed by atoms with Crippen LogP contribution in [0.25, 0.3) is 11.5 Å². The van der Waals surface area contributed by atoms with Crippen molar-refractivity contribution in [2.45, 2.75) is 37.4 Å². The first kappa shape index (κ1) is 13.8. The molecule has 6 heteroatoms. The quantitative estimate of drug-likeness (QED) is 0.913. The summed E-state index contributed by atoms with van der Waals surface area (Å²) in [6.07, 6.45) is 4.90. The summed E-state index contributed by atoms with van der Waals surface area (Å²) < 4.78 is 5.62. The molecule has 0 radical (unpaired) electrons. The molecule has 2 aliphatic rings. The SMILES string of the molecule is O=C(N[C@@H]1C[C@H]2CC[C@@H]1N2)c1ccc(-c2ccc(Cl)cn2)o1.